The molecule has 34 heavy (non-hydrogen) atoms. The first-order valence-corrected chi connectivity index (χ1v) is 11.7. The zero-order valence-corrected chi connectivity index (χ0v) is 19.4. The van der Waals surface area contributed by atoms with Gasteiger partial charge in [-0.05, 0) is 35.4 Å². The second kappa shape index (κ2) is 8.84. The second-order valence-corrected chi connectivity index (χ2v) is 9.83. The lowest BCUT2D eigenvalue weighted by atomic mass is 9.83. The van der Waals surface area contributed by atoms with Gasteiger partial charge in [-0.1, -0.05) is 74.5 Å². The van der Waals surface area contributed by atoms with E-state index in [0.717, 1.165) is 18.4 Å². The van der Waals surface area contributed by atoms with Gasteiger partial charge in [-0.15, -0.1) is 0 Å². The first-order chi connectivity index (χ1) is 16.4. The summed E-state index contributed by atoms with van der Waals surface area (Å²) in [5, 5.41) is 3.34. The molecule has 3 aromatic rings. The first-order valence-electron chi connectivity index (χ1n) is 11.7. The van der Waals surface area contributed by atoms with Gasteiger partial charge in [0, 0.05) is 18.7 Å². The Morgan fingerprint density at radius 2 is 1.59 bits per heavy atom. The minimum absolute atomic E-state index is 0.0292. The third kappa shape index (κ3) is 4.07. The van der Waals surface area contributed by atoms with E-state index in [9.17, 15) is 4.79 Å². The van der Waals surface area contributed by atoms with E-state index in [4.69, 9.17) is 4.74 Å². The molecule has 6 heteroatoms. The fourth-order valence-electron chi connectivity index (χ4n) is 4.82. The number of hydrazine groups is 1. The van der Waals surface area contributed by atoms with Crippen LogP contribution in [0.1, 0.15) is 49.3 Å². The molecule has 5 rings (SSSR count). The summed E-state index contributed by atoms with van der Waals surface area (Å²) in [5.74, 6) is -3.12. The van der Waals surface area contributed by atoms with Crippen LogP contribution < -0.4 is 9.75 Å². The Hall–Kier alpha value is -3.25. The zero-order chi connectivity index (χ0) is 23.9. The second-order valence-electron chi connectivity index (χ2n) is 9.83. The van der Waals surface area contributed by atoms with Gasteiger partial charge in [0.2, 0.25) is 0 Å². The highest BCUT2D eigenvalue weighted by Gasteiger charge is 2.46. The third-order valence-electron chi connectivity index (χ3n) is 6.89. The highest BCUT2D eigenvalue weighted by Crippen LogP contribution is 2.48. The van der Waals surface area contributed by atoms with Crippen molar-refractivity contribution >= 4 is 11.6 Å². The Balaban J connectivity index is 1.57. The van der Waals surface area contributed by atoms with E-state index in [-0.39, 0.29) is 23.6 Å². The van der Waals surface area contributed by atoms with Crippen LogP contribution in [0.25, 0.3) is 0 Å². The highest BCUT2D eigenvalue weighted by atomic mass is 19.1. The summed E-state index contributed by atoms with van der Waals surface area (Å²) in [6.45, 7) is 5.67. The molecule has 2 aliphatic heterocycles. The number of fused-ring (bicyclic) bond motifs is 1. The number of nitrogens with zero attached hydrogens (tertiary/aromatic N) is 2. The molecule has 2 aliphatic rings. The molecule has 0 spiro atoms. The molecule has 4 nitrogen and oxygen atoms in total. The van der Waals surface area contributed by atoms with E-state index < -0.39 is 23.3 Å². The Bertz CT molecular complexity index is 1190. The number of halogens is 2. The number of hydrogen-bond donors (Lipinski definition) is 0. The van der Waals surface area contributed by atoms with Crippen molar-refractivity contribution in [2.75, 3.05) is 18.1 Å². The van der Waals surface area contributed by atoms with Crippen LogP contribution in [0.2, 0.25) is 0 Å². The molecule has 2 heterocycles. The molecule has 0 bridgehead atoms. The predicted molar refractivity (Wildman–Crippen MR) is 127 cm³/mol. The largest absolute Gasteiger partial charge is 0.483 e. The highest BCUT2D eigenvalue weighted by molar-refractivity contribution is 6.06. The van der Waals surface area contributed by atoms with Gasteiger partial charge in [0.25, 0.3) is 5.91 Å². The monoisotopic (exact) mass is 462 g/mol. The third-order valence-corrected chi connectivity index (χ3v) is 6.89. The molecule has 1 atom stereocenters. The van der Waals surface area contributed by atoms with Gasteiger partial charge in [-0.3, -0.25) is 4.79 Å². The number of carbonyl (C=O) groups is 1. The van der Waals surface area contributed by atoms with Gasteiger partial charge in [0.05, 0.1) is 5.92 Å². The van der Waals surface area contributed by atoms with E-state index >= 15 is 8.78 Å². The fourth-order valence-corrected chi connectivity index (χ4v) is 4.82. The van der Waals surface area contributed by atoms with Crippen molar-refractivity contribution in [1.29, 1.82) is 0 Å². The molecule has 0 saturated carbocycles. The summed E-state index contributed by atoms with van der Waals surface area (Å²) < 4.78 is 36.8. The molecule has 0 aliphatic carbocycles. The molecule has 0 radical (unpaired) electrons. The Morgan fingerprint density at radius 1 is 0.971 bits per heavy atom. The average Bonchev–Trinajstić information content (AvgIpc) is 3.12. The molecule has 3 aromatic carbocycles. The molecular formula is C28H28F2N2O2. The number of benzene rings is 3. The minimum Gasteiger partial charge on any atom is -0.483 e. The average molecular weight is 463 g/mol. The SMILES string of the molecule is CC1(C)CCN(N2C(=O)C(c3ccccc3)c3cc(F)c(OCc4ccccc4)c(F)c32)CC1. The van der Waals surface area contributed by atoms with Crippen LogP contribution in [0.3, 0.4) is 0 Å². The van der Waals surface area contributed by atoms with Crippen molar-refractivity contribution in [2.24, 2.45) is 5.41 Å². The van der Waals surface area contributed by atoms with Crippen LogP contribution in [0.15, 0.2) is 66.7 Å². The number of anilines is 1. The summed E-state index contributed by atoms with van der Waals surface area (Å²) in [6, 6.07) is 19.7. The van der Waals surface area contributed by atoms with E-state index in [1.165, 1.54) is 11.1 Å². The molecule has 176 valence electrons. The van der Waals surface area contributed by atoms with Crippen LogP contribution in [0, 0.1) is 17.0 Å². The van der Waals surface area contributed by atoms with Gasteiger partial charge in [0.15, 0.2) is 17.4 Å². The maximum atomic E-state index is 16.0. The lowest BCUT2D eigenvalue weighted by Gasteiger charge is -2.41. The predicted octanol–water partition coefficient (Wildman–Crippen LogP) is 6.06. The molecule has 0 N–H and O–H groups in total. The van der Waals surface area contributed by atoms with Gasteiger partial charge >= 0.3 is 0 Å². The van der Waals surface area contributed by atoms with E-state index in [0.29, 0.717) is 24.2 Å². The Kier molecular flexibility index (Phi) is 5.86. The molecular weight excluding hydrogens is 434 g/mol. The van der Waals surface area contributed by atoms with Crippen LogP contribution in [0.4, 0.5) is 14.5 Å². The topological polar surface area (TPSA) is 32.8 Å². The van der Waals surface area contributed by atoms with E-state index in [1.807, 2.05) is 65.7 Å². The van der Waals surface area contributed by atoms with Crippen LogP contribution in [0.5, 0.6) is 5.75 Å². The summed E-state index contributed by atoms with van der Waals surface area (Å²) >= 11 is 0. The summed E-state index contributed by atoms with van der Waals surface area (Å²) in [7, 11) is 0. The lowest BCUT2D eigenvalue weighted by molar-refractivity contribution is -0.122. The number of amides is 1. The number of ether oxygens (including phenoxy) is 1. The van der Waals surface area contributed by atoms with Crippen molar-refractivity contribution in [1.82, 2.24) is 5.01 Å². The lowest BCUT2D eigenvalue weighted by Crippen LogP contribution is -2.51. The summed E-state index contributed by atoms with van der Waals surface area (Å²) in [5.41, 5.74) is 2.11. The molecule has 1 fully saturated rings. The maximum absolute atomic E-state index is 16.0. The number of piperidine rings is 1. The van der Waals surface area contributed by atoms with Crippen LogP contribution in [-0.4, -0.2) is 24.0 Å². The molecule has 0 aromatic heterocycles. The minimum atomic E-state index is -0.831. The van der Waals surface area contributed by atoms with Gasteiger partial charge < -0.3 is 4.74 Å². The number of rotatable bonds is 5. The Labute approximate surface area is 198 Å². The van der Waals surface area contributed by atoms with Gasteiger partial charge in [-0.25, -0.2) is 18.8 Å². The smallest absolute Gasteiger partial charge is 0.253 e. The number of carbonyl (C=O) groups excluding carboxylic acids is 1. The van der Waals surface area contributed by atoms with Crippen molar-refractivity contribution in [3.05, 3.63) is 95.1 Å². The quantitative estimate of drug-likeness (QED) is 0.462. The normalized spacial score (nSPS) is 19.8. The van der Waals surface area contributed by atoms with Crippen LogP contribution in [-0.2, 0) is 11.4 Å². The van der Waals surface area contributed by atoms with E-state index in [2.05, 4.69) is 13.8 Å². The van der Waals surface area contributed by atoms with Gasteiger partial charge in [-0.2, -0.15) is 0 Å². The standard InChI is InChI=1S/C28H28F2N2O2/c1-28(2)13-15-31(16-14-28)32-25-21(23(27(32)33)20-11-7-4-8-12-20)17-22(29)26(24(25)30)34-18-19-9-5-3-6-10-19/h3-12,17,23H,13-16,18H2,1-2H3. The Morgan fingerprint density at radius 3 is 2.24 bits per heavy atom. The summed E-state index contributed by atoms with van der Waals surface area (Å²) in [6.07, 6.45) is 1.75. The fraction of sp³-hybridized carbons (Fsp3) is 0.321. The zero-order valence-electron chi connectivity index (χ0n) is 19.4. The first kappa shape index (κ1) is 22.5. The molecule has 1 amide bonds. The maximum Gasteiger partial charge on any atom is 0.253 e. The summed E-state index contributed by atoms with van der Waals surface area (Å²) in [4.78, 5) is 13.7. The van der Waals surface area contributed by atoms with Crippen LogP contribution >= 0.6 is 0 Å². The van der Waals surface area contributed by atoms with E-state index in [1.54, 1.807) is 0 Å². The van der Waals surface area contributed by atoms with Crippen molar-refractivity contribution in [2.45, 2.75) is 39.2 Å². The molecule has 1 saturated heterocycles. The molecule has 1 unspecified atom stereocenters. The van der Waals surface area contributed by atoms with Crippen molar-refractivity contribution in [3.8, 4) is 5.75 Å². The number of hydrogen-bond acceptors (Lipinski definition) is 3. The van der Waals surface area contributed by atoms with Crippen molar-refractivity contribution < 1.29 is 18.3 Å². The van der Waals surface area contributed by atoms with Crippen molar-refractivity contribution in [3.63, 3.8) is 0 Å². The van der Waals surface area contributed by atoms with Gasteiger partial charge in [0.1, 0.15) is 12.3 Å².